The lowest BCUT2D eigenvalue weighted by molar-refractivity contribution is 0.823. The summed E-state index contributed by atoms with van der Waals surface area (Å²) in [5, 5.41) is 0. The molecule has 0 amide bonds. The summed E-state index contributed by atoms with van der Waals surface area (Å²) in [7, 11) is 0. The molecule has 0 fully saturated rings. The fourth-order valence-electron chi connectivity index (χ4n) is 0.652. The second-order valence-electron chi connectivity index (χ2n) is 1.79. The first-order chi connectivity index (χ1) is 3.79. The molecule has 1 rings (SSSR count). The van der Waals surface area contributed by atoms with E-state index < -0.39 is 0 Å². The number of hydrogen-bond donors (Lipinski definition) is 0. The van der Waals surface area contributed by atoms with Gasteiger partial charge in [0.1, 0.15) is 0 Å². The molecule has 1 unspecified atom stereocenters. The molecule has 0 heteroatoms. The summed E-state index contributed by atoms with van der Waals surface area (Å²) in [4.78, 5) is 0. The Hall–Kier alpha value is -0.520. The van der Waals surface area contributed by atoms with Gasteiger partial charge in [0.2, 0.25) is 0 Å². The van der Waals surface area contributed by atoms with Gasteiger partial charge in [0, 0.05) is 1.37 Å². The monoisotopic (exact) mass is 95.1 g/mol. The maximum Gasteiger partial charge on any atom is 0.0310 e. The molecule has 1 aliphatic rings. The minimum Gasteiger partial charge on any atom is -0.0958 e. The van der Waals surface area contributed by atoms with E-state index in [2.05, 4.69) is 6.58 Å². The van der Waals surface area contributed by atoms with E-state index in [0.717, 1.165) is 18.4 Å². The summed E-state index contributed by atoms with van der Waals surface area (Å²) in [5.41, 5.74) is 1.16. The van der Waals surface area contributed by atoms with Gasteiger partial charge in [0.15, 0.2) is 0 Å². The maximum atomic E-state index is 7.23. The van der Waals surface area contributed by atoms with E-state index in [0.29, 0.717) is 0 Å². The van der Waals surface area contributed by atoms with Crippen molar-refractivity contribution in [1.82, 2.24) is 0 Å². The minimum atomic E-state index is 0.0282. The van der Waals surface area contributed by atoms with Gasteiger partial charge < -0.3 is 0 Å². The average molecular weight is 95.2 g/mol. The molecule has 0 saturated heterocycles. The van der Waals surface area contributed by atoms with Crippen LogP contribution in [-0.4, -0.2) is 0 Å². The van der Waals surface area contributed by atoms with Gasteiger partial charge in [0.05, 0.1) is 0 Å². The van der Waals surface area contributed by atoms with Gasteiger partial charge in [-0.3, -0.25) is 0 Å². The first-order valence-electron chi connectivity index (χ1n) is 3.15. The summed E-state index contributed by atoms with van der Waals surface area (Å²) in [6.07, 6.45) is 5.83. The molecule has 0 aromatic heterocycles. The van der Waals surface area contributed by atoms with Crippen LogP contribution >= 0.6 is 0 Å². The standard InChI is InChI=1S/C7H10/c1-7-5-3-2-4-6-7/h3,5H,1-2,4,6H2/i2D. The van der Waals surface area contributed by atoms with Crippen LogP contribution in [0.1, 0.15) is 20.6 Å². The van der Waals surface area contributed by atoms with E-state index in [-0.39, 0.29) is 6.40 Å². The van der Waals surface area contributed by atoms with Crippen LogP contribution in [0.4, 0.5) is 0 Å². The van der Waals surface area contributed by atoms with Crippen LogP contribution in [-0.2, 0) is 0 Å². The molecule has 0 aliphatic heterocycles. The summed E-state index contributed by atoms with van der Waals surface area (Å²) in [6.45, 7) is 3.78. The van der Waals surface area contributed by atoms with Crippen molar-refractivity contribution < 1.29 is 1.37 Å². The topological polar surface area (TPSA) is 0 Å². The van der Waals surface area contributed by atoms with Crippen LogP contribution in [0.3, 0.4) is 0 Å². The van der Waals surface area contributed by atoms with Crippen LogP contribution < -0.4 is 0 Å². The SMILES string of the molecule is [2H]C1C=CC(=C)CC1. The molecule has 0 N–H and O–H groups in total. The van der Waals surface area contributed by atoms with Crippen molar-refractivity contribution in [3.05, 3.63) is 24.3 Å². The first kappa shape index (κ1) is 3.48. The van der Waals surface area contributed by atoms with Crippen LogP contribution in [0.5, 0.6) is 0 Å². The highest BCUT2D eigenvalue weighted by molar-refractivity contribution is 5.16. The van der Waals surface area contributed by atoms with E-state index in [1.807, 2.05) is 12.2 Å². The van der Waals surface area contributed by atoms with Crippen molar-refractivity contribution in [3.8, 4) is 0 Å². The second-order valence-corrected chi connectivity index (χ2v) is 1.79. The maximum absolute atomic E-state index is 7.23. The molecule has 0 aromatic carbocycles. The van der Waals surface area contributed by atoms with Gasteiger partial charge in [0.25, 0.3) is 0 Å². The minimum absolute atomic E-state index is 0.0282. The molecular weight excluding hydrogens is 84.1 g/mol. The molecule has 1 aliphatic carbocycles. The highest BCUT2D eigenvalue weighted by Gasteiger charge is 1.92. The van der Waals surface area contributed by atoms with Gasteiger partial charge in [-0.05, 0) is 19.2 Å². The Morgan fingerprint density at radius 1 is 1.86 bits per heavy atom. The summed E-state index contributed by atoms with van der Waals surface area (Å²) < 4.78 is 7.23. The van der Waals surface area contributed by atoms with Crippen LogP contribution in [0, 0.1) is 0 Å². The number of rotatable bonds is 0. The van der Waals surface area contributed by atoms with Crippen LogP contribution in [0.15, 0.2) is 24.3 Å². The van der Waals surface area contributed by atoms with Crippen molar-refractivity contribution >= 4 is 0 Å². The molecule has 0 nitrogen and oxygen atoms in total. The Bertz CT molecular complexity index is 124. The van der Waals surface area contributed by atoms with E-state index in [1.54, 1.807) is 0 Å². The first-order valence-corrected chi connectivity index (χ1v) is 2.57. The quantitative estimate of drug-likeness (QED) is 0.433. The Morgan fingerprint density at radius 3 is 3.14 bits per heavy atom. The highest BCUT2D eigenvalue weighted by Crippen LogP contribution is 2.12. The lowest BCUT2D eigenvalue weighted by Crippen LogP contribution is -1.82. The molecule has 0 spiro atoms. The fourth-order valence-corrected chi connectivity index (χ4v) is 0.652. The summed E-state index contributed by atoms with van der Waals surface area (Å²) in [6, 6.07) is 0. The van der Waals surface area contributed by atoms with E-state index >= 15 is 0 Å². The molecule has 0 bridgehead atoms. The Labute approximate surface area is 45.9 Å². The molecule has 0 saturated carbocycles. The van der Waals surface area contributed by atoms with E-state index in [1.165, 1.54) is 0 Å². The van der Waals surface area contributed by atoms with Gasteiger partial charge in [-0.2, -0.15) is 0 Å². The predicted molar refractivity (Wildman–Crippen MR) is 32.1 cm³/mol. The Morgan fingerprint density at radius 2 is 2.71 bits per heavy atom. The van der Waals surface area contributed by atoms with Gasteiger partial charge in [-0.15, -0.1) is 0 Å². The largest absolute Gasteiger partial charge is 0.0958 e. The third-order valence-electron chi connectivity index (χ3n) is 1.10. The highest BCUT2D eigenvalue weighted by atomic mass is 14.0. The third-order valence-corrected chi connectivity index (χ3v) is 1.10. The van der Waals surface area contributed by atoms with E-state index in [4.69, 9.17) is 1.37 Å². The van der Waals surface area contributed by atoms with E-state index in [9.17, 15) is 0 Å². The zero-order valence-electron chi connectivity index (χ0n) is 5.35. The molecule has 0 radical (unpaired) electrons. The van der Waals surface area contributed by atoms with Gasteiger partial charge in [-0.25, -0.2) is 0 Å². The molecule has 0 heterocycles. The molecule has 0 aromatic rings. The number of hydrogen-bond acceptors (Lipinski definition) is 0. The molecule has 38 valence electrons. The smallest absolute Gasteiger partial charge is 0.0310 e. The van der Waals surface area contributed by atoms with Crippen molar-refractivity contribution in [2.75, 3.05) is 0 Å². The Kier molecular flexibility index (Phi) is 0.977. The average Bonchev–Trinajstić information content (AvgIpc) is 1.77. The Balaban J connectivity index is 2.55. The second kappa shape index (κ2) is 1.97. The molecule has 7 heavy (non-hydrogen) atoms. The summed E-state index contributed by atoms with van der Waals surface area (Å²) >= 11 is 0. The summed E-state index contributed by atoms with van der Waals surface area (Å²) in [5.74, 6) is 0. The zero-order chi connectivity index (χ0) is 5.98. The third kappa shape index (κ3) is 1.19. The zero-order valence-corrected chi connectivity index (χ0v) is 4.35. The van der Waals surface area contributed by atoms with Crippen LogP contribution in [0.25, 0.3) is 0 Å². The fraction of sp³-hybridized carbons (Fsp3) is 0.429. The lowest BCUT2D eigenvalue weighted by Gasteiger charge is -2.02. The molecule has 1 atom stereocenters. The van der Waals surface area contributed by atoms with Crippen molar-refractivity contribution in [2.24, 2.45) is 0 Å². The number of allylic oxidation sites excluding steroid dienone is 3. The van der Waals surface area contributed by atoms with Crippen molar-refractivity contribution in [2.45, 2.75) is 19.2 Å². The lowest BCUT2D eigenvalue weighted by atomic mass is 10.0. The van der Waals surface area contributed by atoms with Crippen molar-refractivity contribution in [3.63, 3.8) is 0 Å². The van der Waals surface area contributed by atoms with Crippen molar-refractivity contribution in [1.29, 1.82) is 0 Å². The normalized spacial score (nSPS) is 32.9. The van der Waals surface area contributed by atoms with Gasteiger partial charge in [-0.1, -0.05) is 24.3 Å². The van der Waals surface area contributed by atoms with Crippen LogP contribution in [0.2, 0.25) is 0 Å². The molecular formula is C7H10. The van der Waals surface area contributed by atoms with Gasteiger partial charge >= 0.3 is 0 Å². The predicted octanol–water partition coefficient (Wildman–Crippen LogP) is 2.28.